The molecule has 0 unspecified atom stereocenters. The van der Waals surface area contributed by atoms with E-state index in [1.165, 1.54) is 28.3 Å². The Kier molecular flexibility index (Phi) is 6.00. The first-order valence-corrected chi connectivity index (χ1v) is 8.52. The second-order valence-electron chi connectivity index (χ2n) is 5.24. The lowest BCUT2D eigenvalue weighted by Crippen LogP contribution is -2.25. The maximum Gasteiger partial charge on any atom is 0.169 e. The summed E-state index contributed by atoms with van der Waals surface area (Å²) in [6, 6.07) is 8.72. The van der Waals surface area contributed by atoms with Crippen molar-refractivity contribution in [1.29, 1.82) is 0 Å². The number of pyridine rings is 1. The Balaban J connectivity index is 2.03. The molecule has 2 aromatic heterocycles. The molecule has 0 saturated carbocycles. The van der Waals surface area contributed by atoms with E-state index in [4.69, 9.17) is 0 Å². The van der Waals surface area contributed by atoms with Crippen LogP contribution in [-0.2, 0) is 7.05 Å². The predicted octanol–water partition coefficient (Wildman–Crippen LogP) is 4.37. The van der Waals surface area contributed by atoms with Crippen LogP contribution in [0.5, 0.6) is 0 Å². The molecular formula is C18H25N2S+. The minimum Gasteiger partial charge on any atom is -0.364 e. The standard InChI is InChI=1S/C18H25N2S/c1-4-6-13-20(5-2)18-10-9-17(21-18)8-7-16-11-14-19(3)15-12-16/h7-12,14-15H,4-6,13H2,1-3H3/q+1. The lowest BCUT2D eigenvalue weighted by atomic mass is 10.2. The van der Waals surface area contributed by atoms with Crippen LogP contribution in [0, 0.1) is 0 Å². The highest BCUT2D eigenvalue weighted by Crippen LogP contribution is 2.27. The molecule has 0 aromatic carbocycles. The molecule has 2 aromatic rings. The van der Waals surface area contributed by atoms with Crippen molar-refractivity contribution in [3.63, 3.8) is 0 Å². The second kappa shape index (κ2) is 7.99. The summed E-state index contributed by atoms with van der Waals surface area (Å²) in [5, 5.41) is 1.38. The number of hydrogen-bond acceptors (Lipinski definition) is 2. The summed E-state index contributed by atoms with van der Waals surface area (Å²) in [4.78, 5) is 3.78. The van der Waals surface area contributed by atoms with Crippen molar-refractivity contribution >= 4 is 28.5 Å². The topological polar surface area (TPSA) is 7.12 Å². The molecule has 0 atom stereocenters. The SMILES string of the molecule is CCCCN(CC)c1ccc(/C=C/c2cc[n+](C)cc2)s1. The van der Waals surface area contributed by atoms with Crippen LogP contribution in [0.4, 0.5) is 5.00 Å². The van der Waals surface area contributed by atoms with Gasteiger partial charge in [0, 0.05) is 30.1 Å². The van der Waals surface area contributed by atoms with E-state index in [1.807, 2.05) is 23.0 Å². The van der Waals surface area contributed by atoms with Gasteiger partial charge in [-0.25, -0.2) is 4.57 Å². The van der Waals surface area contributed by atoms with E-state index in [0.29, 0.717) is 0 Å². The third kappa shape index (κ3) is 4.71. The van der Waals surface area contributed by atoms with Gasteiger partial charge in [-0.05, 0) is 37.1 Å². The van der Waals surface area contributed by atoms with Gasteiger partial charge >= 0.3 is 0 Å². The number of aromatic nitrogens is 1. The summed E-state index contributed by atoms with van der Waals surface area (Å²) in [7, 11) is 2.04. The number of aryl methyl sites for hydroxylation is 1. The van der Waals surface area contributed by atoms with Crippen molar-refractivity contribution in [1.82, 2.24) is 0 Å². The highest BCUT2D eigenvalue weighted by atomic mass is 32.1. The maximum absolute atomic E-state index is 2.47. The number of anilines is 1. The fourth-order valence-corrected chi connectivity index (χ4v) is 3.18. The molecule has 112 valence electrons. The van der Waals surface area contributed by atoms with Gasteiger partial charge in [0.2, 0.25) is 0 Å². The van der Waals surface area contributed by atoms with Crippen LogP contribution < -0.4 is 9.47 Å². The molecule has 0 N–H and O–H groups in total. The molecule has 0 bridgehead atoms. The molecule has 21 heavy (non-hydrogen) atoms. The largest absolute Gasteiger partial charge is 0.364 e. The van der Waals surface area contributed by atoms with Crippen molar-refractivity contribution in [2.75, 3.05) is 18.0 Å². The minimum absolute atomic E-state index is 1.08. The third-order valence-corrected chi connectivity index (χ3v) is 4.64. The highest BCUT2D eigenvalue weighted by molar-refractivity contribution is 7.17. The molecule has 3 heteroatoms. The molecule has 0 amide bonds. The first-order chi connectivity index (χ1) is 10.2. The van der Waals surface area contributed by atoms with Gasteiger partial charge in [0.1, 0.15) is 7.05 Å². The van der Waals surface area contributed by atoms with E-state index >= 15 is 0 Å². The van der Waals surface area contributed by atoms with E-state index in [0.717, 1.165) is 13.1 Å². The van der Waals surface area contributed by atoms with Gasteiger partial charge < -0.3 is 4.90 Å². The van der Waals surface area contributed by atoms with Gasteiger partial charge in [-0.1, -0.05) is 19.4 Å². The van der Waals surface area contributed by atoms with Crippen LogP contribution in [0.3, 0.4) is 0 Å². The molecule has 0 aliphatic rings. The minimum atomic E-state index is 1.08. The number of thiophene rings is 1. The maximum atomic E-state index is 2.47. The van der Waals surface area contributed by atoms with Crippen LogP contribution in [0.1, 0.15) is 37.1 Å². The molecule has 2 rings (SSSR count). The zero-order chi connectivity index (χ0) is 15.1. The van der Waals surface area contributed by atoms with Crippen molar-refractivity contribution < 1.29 is 4.57 Å². The fraction of sp³-hybridized carbons (Fsp3) is 0.389. The molecule has 0 aliphatic carbocycles. The predicted molar refractivity (Wildman–Crippen MR) is 93.7 cm³/mol. The van der Waals surface area contributed by atoms with Crippen LogP contribution >= 0.6 is 11.3 Å². The number of nitrogens with zero attached hydrogens (tertiary/aromatic N) is 2. The zero-order valence-corrected chi connectivity index (χ0v) is 14.1. The average Bonchev–Trinajstić information content (AvgIpc) is 2.96. The Morgan fingerprint density at radius 3 is 2.52 bits per heavy atom. The first-order valence-electron chi connectivity index (χ1n) is 7.71. The molecule has 0 fully saturated rings. The quantitative estimate of drug-likeness (QED) is 0.689. The van der Waals surface area contributed by atoms with Crippen molar-refractivity contribution in [3.8, 4) is 0 Å². The van der Waals surface area contributed by atoms with Gasteiger partial charge in [-0.15, -0.1) is 11.3 Å². The van der Waals surface area contributed by atoms with Crippen LogP contribution in [-0.4, -0.2) is 13.1 Å². The second-order valence-corrected chi connectivity index (χ2v) is 6.33. The Bertz CT molecular complexity index is 569. The van der Waals surface area contributed by atoms with Crippen molar-refractivity contribution in [3.05, 3.63) is 47.1 Å². The van der Waals surface area contributed by atoms with Crippen LogP contribution in [0.15, 0.2) is 36.7 Å². The van der Waals surface area contributed by atoms with Gasteiger partial charge in [0.25, 0.3) is 0 Å². The van der Waals surface area contributed by atoms with Crippen molar-refractivity contribution in [2.24, 2.45) is 7.05 Å². The molecule has 0 spiro atoms. The molecule has 2 heterocycles. The Hall–Kier alpha value is -1.61. The van der Waals surface area contributed by atoms with Gasteiger partial charge in [-0.2, -0.15) is 0 Å². The fourth-order valence-electron chi connectivity index (χ4n) is 2.18. The van der Waals surface area contributed by atoms with E-state index < -0.39 is 0 Å². The molecular weight excluding hydrogens is 276 g/mol. The summed E-state index contributed by atoms with van der Waals surface area (Å²) >= 11 is 1.87. The Morgan fingerprint density at radius 1 is 1.10 bits per heavy atom. The highest BCUT2D eigenvalue weighted by Gasteiger charge is 2.06. The summed E-state index contributed by atoms with van der Waals surface area (Å²) in [5.41, 5.74) is 1.24. The third-order valence-electron chi connectivity index (χ3n) is 3.53. The molecule has 2 nitrogen and oxygen atoms in total. The molecule has 0 aliphatic heterocycles. The molecule has 0 saturated heterocycles. The summed E-state index contributed by atoms with van der Waals surface area (Å²) in [6.07, 6.45) is 11.0. The summed E-state index contributed by atoms with van der Waals surface area (Å²) < 4.78 is 2.05. The summed E-state index contributed by atoms with van der Waals surface area (Å²) in [6.45, 7) is 6.72. The van der Waals surface area contributed by atoms with Crippen LogP contribution in [0.2, 0.25) is 0 Å². The number of hydrogen-bond donors (Lipinski definition) is 0. The summed E-state index contributed by atoms with van der Waals surface area (Å²) in [5.74, 6) is 0. The Labute approximate surface area is 132 Å². The average molecular weight is 301 g/mol. The normalized spacial score (nSPS) is 11.2. The Morgan fingerprint density at radius 2 is 1.86 bits per heavy atom. The lowest BCUT2D eigenvalue weighted by Gasteiger charge is -2.20. The smallest absolute Gasteiger partial charge is 0.169 e. The van der Waals surface area contributed by atoms with E-state index in [9.17, 15) is 0 Å². The van der Waals surface area contributed by atoms with E-state index in [1.54, 1.807) is 0 Å². The van der Waals surface area contributed by atoms with E-state index in [-0.39, 0.29) is 0 Å². The van der Waals surface area contributed by atoms with Gasteiger partial charge in [0.05, 0.1) is 5.00 Å². The monoisotopic (exact) mass is 301 g/mol. The van der Waals surface area contributed by atoms with E-state index in [2.05, 4.69) is 67.6 Å². The van der Waals surface area contributed by atoms with Gasteiger partial charge in [0.15, 0.2) is 12.4 Å². The number of rotatable bonds is 7. The number of unbranched alkanes of at least 4 members (excludes halogenated alkanes) is 1. The molecule has 0 radical (unpaired) electrons. The zero-order valence-electron chi connectivity index (χ0n) is 13.2. The first kappa shape index (κ1) is 15.8. The van der Waals surface area contributed by atoms with Crippen molar-refractivity contribution in [2.45, 2.75) is 26.7 Å². The lowest BCUT2D eigenvalue weighted by molar-refractivity contribution is -0.671. The van der Waals surface area contributed by atoms with Gasteiger partial charge in [-0.3, -0.25) is 0 Å². The van der Waals surface area contributed by atoms with Crippen LogP contribution in [0.25, 0.3) is 12.2 Å².